The zero-order valence-electron chi connectivity index (χ0n) is 9.36. The summed E-state index contributed by atoms with van der Waals surface area (Å²) in [6.45, 7) is 2.77. The summed E-state index contributed by atoms with van der Waals surface area (Å²) in [4.78, 5) is 11.7. The Labute approximate surface area is 96.8 Å². The van der Waals surface area contributed by atoms with E-state index in [0.29, 0.717) is 0 Å². The molecule has 0 radical (unpaired) electrons. The normalized spacial score (nSPS) is 10.3. The van der Waals surface area contributed by atoms with Crippen LogP contribution in [0, 0.1) is 0 Å². The lowest BCUT2D eigenvalue weighted by molar-refractivity contribution is 0.0954. The summed E-state index contributed by atoms with van der Waals surface area (Å²) < 4.78 is 0. The first-order chi connectivity index (χ1) is 7.81. The molecule has 0 aromatic heterocycles. The third kappa shape index (κ3) is 2.22. The van der Waals surface area contributed by atoms with Crippen molar-refractivity contribution in [3.8, 4) is 0 Å². The Kier molecular flexibility index (Phi) is 3.20. The molecule has 16 heavy (non-hydrogen) atoms. The van der Waals surface area contributed by atoms with Gasteiger partial charge in [-0.2, -0.15) is 0 Å². The van der Waals surface area contributed by atoms with Crippen LogP contribution in [0.3, 0.4) is 0 Å². The average molecular weight is 215 g/mol. The van der Waals surface area contributed by atoms with Crippen LogP contribution < -0.4 is 5.32 Å². The molecule has 2 rings (SSSR count). The highest BCUT2D eigenvalue weighted by Gasteiger charge is 2.04. The Morgan fingerprint density at radius 1 is 1.19 bits per heavy atom. The van der Waals surface area contributed by atoms with E-state index in [9.17, 15) is 4.79 Å². The van der Waals surface area contributed by atoms with E-state index >= 15 is 0 Å². The lowest BCUT2D eigenvalue weighted by Gasteiger charge is -2.04. The van der Waals surface area contributed by atoms with E-state index in [1.165, 1.54) is 0 Å². The highest BCUT2D eigenvalue weighted by atomic mass is 16.1. The van der Waals surface area contributed by atoms with Gasteiger partial charge in [0, 0.05) is 13.5 Å². The van der Waals surface area contributed by atoms with E-state index in [1.54, 1.807) is 0 Å². The van der Waals surface area contributed by atoms with E-state index in [2.05, 4.69) is 5.32 Å². The molecule has 0 spiro atoms. The van der Waals surface area contributed by atoms with Gasteiger partial charge < -0.3 is 5.32 Å². The number of hydrogen-bond acceptors (Lipinski definition) is 1. The quantitative estimate of drug-likeness (QED) is 0.836. The monoisotopic (exact) mass is 215 g/mol. The summed E-state index contributed by atoms with van der Waals surface area (Å²) in [6.07, 6.45) is 0.958. The van der Waals surface area contributed by atoms with Crippen molar-refractivity contribution in [3.63, 3.8) is 0 Å². The zero-order valence-corrected chi connectivity index (χ0v) is 9.36. The molecule has 2 aromatic rings. The van der Waals surface area contributed by atoms with Crippen LogP contribution in [0.5, 0.6) is 0 Å². The fraction of sp³-hybridized carbons (Fsp3) is 0.214. The largest absolute Gasteiger partial charge is 0.352 e. The Hall–Kier alpha value is -1.83. The van der Waals surface area contributed by atoms with Crippen LogP contribution in [0.25, 0.3) is 10.8 Å². The first-order valence-electron chi connectivity index (χ1n) is 5.58. The van der Waals surface area contributed by atoms with E-state index < -0.39 is 0 Å². The summed E-state index contributed by atoms with van der Waals surface area (Å²) in [5.74, 6) is 0.00704. The second-order valence-corrected chi connectivity index (χ2v) is 3.82. The molecule has 0 aliphatic carbocycles. The van der Waals surface area contributed by atoms with Crippen molar-refractivity contribution in [2.75, 3.05) is 6.54 Å². The molecule has 84 valence electrons. The molecule has 0 aliphatic rings. The average Bonchev–Trinajstić information content (AvgIpc) is 2.35. The van der Waals surface area contributed by atoms with Crippen LogP contribution >= 0.6 is 0 Å². The van der Waals surface area contributed by atoms with Gasteiger partial charge in [0.2, 0.25) is 0 Å². The lowest BCUT2D eigenvalue weighted by Crippen LogP contribution is -2.23. The van der Waals surface area contributed by atoms with Crippen molar-refractivity contribution in [3.05, 3.63) is 48.0 Å². The molecule has 2 heteroatoms. The topological polar surface area (TPSA) is 29.1 Å². The van der Waals surface area contributed by atoms with Crippen LogP contribution in [0.15, 0.2) is 42.5 Å². The van der Waals surface area contributed by atoms with Gasteiger partial charge in [0.05, 0.1) is 0 Å². The number of nitrogens with one attached hydrogen (secondary N) is 1. The Morgan fingerprint density at radius 3 is 2.69 bits per heavy atom. The molecule has 1 N–H and O–H groups in total. The second kappa shape index (κ2) is 4.79. The maximum atomic E-state index is 11.7. The smallest absolute Gasteiger partial charge is 0.251 e. The summed E-state index contributed by atoms with van der Waals surface area (Å²) >= 11 is 0. The zero-order chi connectivity index (χ0) is 11.4. The van der Waals surface area contributed by atoms with E-state index in [1.807, 2.05) is 49.4 Å². The molecule has 0 saturated carbocycles. The first kappa shape index (κ1) is 10.7. The Bertz CT molecular complexity index is 510. The predicted octanol–water partition coefficient (Wildman–Crippen LogP) is 3.23. The number of carbonyl (C=O) groups is 1. The predicted molar refractivity (Wildman–Crippen MR) is 68.7 cm³/mol. The number of rotatable bonds is 3. The number of fused-ring (bicyclic) bond motifs is 1. The minimum Gasteiger partial charge on any atom is -0.352 e. The van der Waals surface area contributed by atoms with Crippen molar-refractivity contribution in [2.24, 2.45) is 0 Å². The first-order valence-corrected chi connectivity index (χ1v) is 5.58. The van der Waals surface area contributed by atoms with Crippen molar-refractivity contribution in [2.45, 2.75) is 13.3 Å². The minimum absolute atomic E-state index is 0. The molecule has 0 bridgehead atoms. The number of amides is 1. The number of hydrogen-bond donors (Lipinski definition) is 1. The van der Waals surface area contributed by atoms with Crippen LogP contribution in [-0.4, -0.2) is 12.5 Å². The molecular formula is C14H17NO. The van der Waals surface area contributed by atoms with Gasteiger partial charge in [-0.05, 0) is 29.3 Å². The van der Waals surface area contributed by atoms with Gasteiger partial charge in [0.1, 0.15) is 0 Å². The summed E-state index contributed by atoms with van der Waals surface area (Å²) in [6, 6.07) is 13.8. The summed E-state index contributed by atoms with van der Waals surface area (Å²) in [5.41, 5.74) is 0.729. The minimum atomic E-state index is 0. The number of benzene rings is 2. The maximum Gasteiger partial charge on any atom is 0.251 e. The van der Waals surface area contributed by atoms with Gasteiger partial charge in [-0.15, -0.1) is 0 Å². The van der Waals surface area contributed by atoms with Gasteiger partial charge in [0.25, 0.3) is 5.91 Å². The van der Waals surface area contributed by atoms with Crippen molar-refractivity contribution < 1.29 is 6.22 Å². The SMILES string of the molecule is CCCNC(=O)c1ccc2ccccc2c1.[HH]. The third-order valence-electron chi connectivity index (χ3n) is 2.55. The highest BCUT2D eigenvalue weighted by Crippen LogP contribution is 2.15. The van der Waals surface area contributed by atoms with E-state index in [0.717, 1.165) is 29.3 Å². The van der Waals surface area contributed by atoms with Crippen LogP contribution in [0.2, 0.25) is 0 Å². The van der Waals surface area contributed by atoms with Crippen LogP contribution in [0.1, 0.15) is 25.1 Å². The van der Waals surface area contributed by atoms with Gasteiger partial charge in [-0.3, -0.25) is 4.79 Å². The fourth-order valence-electron chi connectivity index (χ4n) is 1.67. The molecule has 0 atom stereocenters. The lowest BCUT2D eigenvalue weighted by atomic mass is 10.1. The van der Waals surface area contributed by atoms with Crippen LogP contribution in [0.4, 0.5) is 0 Å². The molecule has 0 aliphatic heterocycles. The fourth-order valence-corrected chi connectivity index (χ4v) is 1.67. The van der Waals surface area contributed by atoms with Crippen molar-refractivity contribution >= 4 is 16.7 Å². The summed E-state index contributed by atoms with van der Waals surface area (Å²) in [7, 11) is 0. The highest BCUT2D eigenvalue weighted by molar-refractivity contribution is 5.98. The van der Waals surface area contributed by atoms with Gasteiger partial charge >= 0.3 is 0 Å². The molecular weight excluding hydrogens is 198 g/mol. The molecule has 0 fully saturated rings. The molecule has 0 heterocycles. The number of carbonyl (C=O) groups excluding carboxylic acids is 1. The molecule has 2 aromatic carbocycles. The second-order valence-electron chi connectivity index (χ2n) is 3.82. The van der Waals surface area contributed by atoms with Gasteiger partial charge in [-0.25, -0.2) is 0 Å². The van der Waals surface area contributed by atoms with Gasteiger partial charge in [0.15, 0.2) is 0 Å². The van der Waals surface area contributed by atoms with E-state index in [-0.39, 0.29) is 7.33 Å². The van der Waals surface area contributed by atoms with Crippen LogP contribution in [-0.2, 0) is 0 Å². The Balaban J connectivity index is 0.00000144. The molecule has 1 amide bonds. The standard InChI is InChI=1S/C14H15NO.H2/c1-2-9-15-14(16)13-8-7-11-5-3-4-6-12(11)10-13;/h3-8,10H,2,9H2,1H3,(H,15,16);1H. The molecule has 0 saturated heterocycles. The van der Waals surface area contributed by atoms with Gasteiger partial charge in [-0.1, -0.05) is 37.3 Å². The van der Waals surface area contributed by atoms with Crippen molar-refractivity contribution in [1.82, 2.24) is 5.32 Å². The summed E-state index contributed by atoms with van der Waals surface area (Å²) in [5, 5.41) is 5.14. The Morgan fingerprint density at radius 2 is 1.94 bits per heavy atom. The van der Waals surface area contributed by atoms with Crippen molar-refractivity contribution in [1.29, 1.82) is 0 Å². The molecule has 0 unspecified atom stereocenters. The molecule has 2 nitrogen and oxygen atoms in total. The third-order valence-corrected chi connectivity index (χ3v) is 2.55. The maximum absolute atomic E-state index is 11.7. The van der Waals surface area contributed by atoms with E-state index in [4.69, 9.17) is 0 Å².